The average Bonchev–Trinajstić information content (AvgIpc) is 0.747. The van der Waals surface area contributed by atoms with Crippen LogP contribution in [0.5, 0.6) is 11.5 Å². The molecule has 3 aliphatic rings. The van der Waals surface area contributed by atoms with Crippen LogP contribution in [-0.4, -0.2) is 345 Å². The van der Waals surface area contributed by atoms with Gasteiger partial charge in [-0.2, -0.15) is 0 Å². The lowest BCUT2D eigenvalue weighted by molar-refractivity contribution is -0.277. The van der Waals surface area contributed by atoms with Crippen LogP contribution in [0.4, 0.5) is 0 Å². The molecule has 3 saturated heterocycles. The molecular formula is C102H148N10O38. The van der Waals surface area contributed by atoms with Gasteiger partial charge in [0.2, 0.25) is 53.2 Å². The van der Waals surface area contributed by atoms with Crippen LogP contribution >= 0.6 is 0 Å². The molecule has 3 aromatic rings. The van der Waals surface area contributed by atoms with E-state index in [-0.39, 0.29) is 204 Å². The van der Waals surface area contributed by atoms with Gasteiger partial charge in [0.15, 0.2) is 61.6 Å². The lowest BCUT2D eigenvalue weighted by Crippen LogP contribution is -2.66. The molecule has 0 bridgehead atoms. The predicted octanol–water partition coefficient (Wildman–Crippen LogP) is 2.65. The van der Waals surface area contributed by atoms with Crippen LogP contribution in [0.15, 0.2) is 78.9 Å². The molecule has 48 heteroatoms. The summed E-state index contributed by atoms with van der Waals surface area (Å²) in [5.74, 6) is -10.2. The summed E-state index contributed by atoms with van der Waals surface area (Å²) < 4.78 is 103. The number of amides is 10. The number of carbonyl (C=O) groups is 19. The number of aliphatic hydroxyl groups excluding tert-OH is 1. The summed E-state index contributed by atoms with van der Waals surface area (Å²) in [5, 5.41) is 34.4. The van der Waals surface area contributed by atoms with Crippen LogP contribution in [0.2, 0.25) is 0 Å². The lowest BCUT2D eigenvalue weighted by Gasteiger charge is -2.44. The van der Waals surface area contributed by atoms with Gasteiger partial charge in [0, 0.05) is 200 Å². The van der Waals surface area contributed by atoms with Gasteiger partial charge in [-0.05, 0) is 118 Å². The van der Waals surface area contributed by atoms with Crippen molar-refractivity contribution in [2.75, 3.05) is 119 Å². The molecule has 0 spiro atoms. The number of carbonyl (C=O) groups excluding carboxylic acids is 19. The van der Waals surface area contributed by atoms with Crippen molar-refractivity contribution in [1.82, 2.24) is 52.3 Å². The first-order chi connectivity index (χ1) is 71.5. The van der Waals surface area contributed by atoms with E-state index in [1.54, 1.807) is 29.2 Å². The van der Waals surface area contributed by atoms with Crippen molar-refractivity contribution >= 4 is 113 Å². The molecule has 10 amide bonds. The highest BCUT2D eigenvalue weighted by Crippen LogP contribution is 2.43. The number of ether oxygens (including phenoxy) is 18. The smallest absolute Gasteiger partial charge is 0.303 e. The third-order valence-corrected chi connectivity index (χ3v) is 23.4. The van der Waals surface area contributed by atoms with Crippen molar-refractivity contribution < 1.29 is 181 Å². The van der Waals surface area contributed by atoms with Crippen molar-refractivity contribution in [3.8, 4) is 11.5 Å². The lowest BCUT2D eigenvalue weighted by atomic mass is 9.80. The monoisotopic (exact) mass is 2120 g/mol. The van der Waals surface area contributed by atoms with Gasteiger partial charge in [-0.3, -0.25) is 91.1 Å². The van der Waals surface area contributed by atoms with Crippen molar-refractivity contribution in [2.45, 2.75) is 302 Å². The fourth-order valence-corrected chi connectivity index (χ4v) is 16.8. The minimum atomic E-state index is -1.82. The number of esters is 9. The maximum Gasteiger partial charge on any atom is 0.303 e. The average molecular weight is 2120 g/mol. The van der Waals surface area contributed by atoms with Crippen molar-refractivity contribution in [1.29, 1.82) is 0 Å². The molecule has 3 aliphatic heterocycles. The van der Waals surface area contributed by atoms with Crippen LogP contribution in [0.1, 0.15) is 215 Å². The van der Waals surface area contributed by atoms with Crippen LogP contribution in [0, 0.1) is 0 Å². The summed E-state index contributed by atoms with van der Waals surface area (Å²) in [6, 6.07) is 19.9. The normalized spacial score (nSPS) is 20.4. The standard InChI is InChI=1S/C102H148N10O38/c1-62(113)108-89-95(145-71(10)122)92(142-68(7)119)80(59-138-65(4)116)148-99(89)135-55-21-18-32-83(126)103-46-24-35-86(129)106-49-27-51-111(88(131)37-26-48-105-85(128)34-20-23-57-137-101-91(110-64(3)115)97(147-73(12)124)94(144-70(9)121)82(150-101)61-140-67(6)118)53-29-54-112(98(132)79(125)58-141-102(74-30-16-15-17-31-74,75-38-42-77(133-13)43-39-75)76-40-44-78(134-14)45-41-76)52-28-50-107-87(130)36-25-47-104-84(127)33-19-22-56-136-100-90(109-63(2)114)96(146-72(11)123)93(143-69(8)120)81(149-100)60-139-66(5)117/h15-17,30-31,38-45,79-82,89-97,99-101,125H,18-29,32-37,46-61H2,1-14H3,(H,103,126)(H,104,127)(H,105,128)(H,106,129)(H,107,130)(H,108,113)(H,109,114)(H,110,115)/t79?,80?,81?,82?,89?,90?,91?,92-,93-,94-,95+,96+,97+,99+,100+,101+/m0/s1. The number of rotatable bonds is 66. The Bertz CT molecular complexity index is 4820. The Morgan fingerprint density at radius 1 is 0.327 bits per heavy atom. The molecule has 3 heterocycles. The summed E-state index contributed by atoms with van der Waals surface area (Å²) in [6.07, 6.45) is -14.5. The first-order valence-electron chi connectivity index (χ1n) is 50.2. The number of benzene rings is 3. The number of nitrogens with zero attached hydrogens (tertiary/aromatic N) is 2. The van der Waals surface area contributed by atoms with Gasteiger partial charge in [-0.1, -0.05) is 54.6 Å². The molecule has 16 atom stereocenters. The number of nitrogens with one attached hydrogen (secondary N) is 8. The molecule has 150 heavy (non-hydrogen) atoms. The zero-order valence-corrected chi connectivity index (χ0v) is 87.7. The summed E-state index contributed by atoms with van der Waals surface area (Å²) in [4.78, 5) is 246. The van der Waals surface area contributed by atoms with E-state index in [4.69, 9.17) is 85.3 Å². The van der Waals surface area contributed by atoms with Crippen molar-refractivity contribution in [2.24, 2.45) is 0 Å². The van der Waals surface area contributed by atoms with Gasteiger partial charge < -0.3 is 143 Å². The molecule has 3 aromatic carbocycles. The van der Waals surface area contributed by atoms with Gasteiger partial charge >= 0.3 is 53.7 Å². The molecule has 7 unspecified atom stereocenters. The van der Waals surface area contributed by atoms with Crippen LogP contribution < -0.4 is 52.0 Å². The van der Waals surface area contributed by atoms with Crippen molar-refractivity contribution in [3.05, 3.63) is 95.6 Å². The third-order valence-electron chi connectivity index (χ3n) is 23.4. The maximum absolute atomic E-state index is 15.1. The number of methoxy groups -OCH3 is 2. The van der Waals surface area contributed by atoms with E-state index >= 15 is 4.79 Å². The van der Waals surface area contributed by atoms with E-state index in [1.807, 2.05) is 54.6 Å². The van der Waals surface area contributed by atoms with Crippen LogP contribution in [0.3, 0.4) is 0 Å². The molecule has 0 saturated carbocycles. The highest BCUT2D eigenvalue weighted by molar-refractivity contribution is 5.82. The Kier molecular flexibility index (Phi) is 56.2. The number of unbranched alkanes of at least 4 members (excludes halogenated alkanes) is 3. The van der Waals surface area contributed by atoms with E-state index in [0.717, 1.165) is 62.3 Å². The van der Waals surface area contributed by atoms with Gasteiger partial charge in [0.25, 0.3) is 5.91 Å². The Morgan fingerprint density at radius 2 is 0.607 bits per heavy atom. The fraction of sp³-hybridized carbons (Fsp3) is 0.637. The molecule has 9 N–H and O–H groups in total. The van der Waals surface area contributed by atoms with Crippen LogP contribution in [0.25, 0.3) is 0 Å². The first-order valence-corrected chi connectivity index (χ1v) is 50.2. The largest absolute Gasteiger partial charge is 0.497 e. The second-order valence-corrected chi connectivity index (χ2v) is 35.8. The second kappa shape index (κ2) is 67.1. The molecule has 6 rings (SSSR count). The third kappa shape index (κ3) is 45.3. The van der Waals surface area contributed by atoms with Gasteiger partial charge in [0.1, 0.15) is 73.4 Å². The Hall–Kier alpha value is -13.1. The fourth-order valence-electron chi connectivity index (χ4n) is 16.8. The van der Waals surface area contributed by atoms with Gasteiger partial charge in [-0.25, -0.2) is 0 Å². The highest BCUT2D eigenvalue weighted by Gasteiger charge is 2.55. The Balaban J connectivity index is 1.13. The molecule has 3 fully saturated rings. The van der Waals surface area contributed by atoms with Crippen LogP contribution in [-0.2, 0) is 172 Å². The predicted molar refractivity (Wildman–Crippen MR) is 525 cm³/mol. The van der Waals surface area contributed by atoms with Gasteiger partial charge in [-0.15, -0.1) is 0 Å². The Labute approximate surface area is 871 Å². The molecule has 834 valence electrons. The second-order valence-electron chi connectivity index (χ2n) is 35.8. The summed E-state index contributed by atoms with van der Waals surface area (Å²) in [7, 11) is 3.05. The maximum atomic E-state index is 15.1. The molecule has 0 radical (unpaired) electrons. The zero-order chi connectivity index (χ0) is 110. The topological polar surface area (TPSA) is 613 Å². The van der Waals surface area contributed by atoms with E-state index in [0.29, 0.717) is 53.9 Å². The highest BCUT2D eigenvalue weighted by atomic mass is 16.7. The molecular weight excluding hydrogens is 1970 g/mol. The SMILES string of the molecule is COc1ccc(C(OCC(O)C(=O)N(CCCNC(=O)CCCNC(=O)CCCCO[C@@H]2OC(COC(C)=O)[C@H](OC(C)=O)[C@H](OC(C)=O)C2NC(C)=O)CCCN(CCCNC(=O)CCCNC(=O)CCCCO[C@@H]2OC(COC(C)=O)[C@H](OC(C)=O)[C@H](OC(C)=O)C2NC(C)=O)C(=O)CCCNC(=O)CCCCO[C@@H]2OC(COC(C)=O)[C@H](OC(C)=O)[C@H](OC(C)=O)C2NC(C)=O)(c2ccccc2)c2ccc(OC)cc2)cc1. The number of hydrogen-bond donors (Lipinski definition) is 9. The quantitative estimate of drug-likeness (QED) is 0.0170. The minimum absolute atomic E-state index is 0.000689. The van der Waals surface area contributed by atoms with E-state index in [1.165, 1.54) is 39.9 Å². The Morgan fingerprint density at radius 3 is 0.913 bits per heavy atom. The molecule has 0 aliphatic carbocycles. The molecule has 0 aromatic heterocycles. The van der Waals surface area contributed by atoms with E-state index in [2.05, 4.69) is 42.5 Å². The molecule has 48 nitrogen and oxygen atoms in total. The van der Waals surface area contributed by atoms with E-state index < -0.39 is 207 Å². The van der Waals surface area contributed by atoms with E-state index in [9.17, 15) is 91.4 Å². The summed E-state index contributed by atoms with van der Waals surface area (Å²) >= 11 is 0. The first kappa shape index (κ1) is 126. The summed E-state index contributed by atoms with van der Waals surface area (Å²) in [6.45, 7) is 12.2. The van der Waals surface area contributed by atoms with Crippen molar-refractivity contribution in [3.63, 3.8) is 0 Å². The number of aliphatic hydroxyl groups is 1. The summed E-state index contributed by atoms with van der Waals surface area (Å²) in [5.41, 5.74) is 0.383. The van der Waals surface area contributed by atoms with Gasteiger partial charge in [0.05, 0.1) is 20.8 Å². The zero-order valence-electron chi connectivity index (χ0n) is 87.7. The number of hydrogen-bond acceptors (Lipinski definition) is 38. The minimum Gasteiger partial charge on any atom is -0.497 e.